The summed E-state index contributed by atoms with van der Waals surface area (Å²) in [4.78, 5) is 23.7. The molecule has 1 atom stereocenters. The van der Waals surface area contributed by atoms with E-state index in [1.165, 1.54) is 18.8 Å². The molecule has 1 heterocycles. The smallest absolute Gasteiger partial charge is 0.321 e. The molecule has 3 amide bonds. The highest BCUT2D eigenvalue weighted by Crippen LogP contribution is 2.31. The van der Waals surface area contributed by atoms with Crippen molar-refractivity contribution in [2.24, 2.45) is 0 Å². The maximum atomic E-state index is 12.3. The van der Waals surface area contributed by atoms with E-state index in [0.29, 0.717) is 16.7 Å². The molecule has 3 rings (SSSR count). The summed E-state index contributed by atoms with van der Waals surface area (Å²) in [6, 6.07) is 16.6. The average Bonchev–Trinajstić information content (AvgIpc) is 3.17. The Hall–Kier alpha value is -3.33. The van der Waals surface area contributed by atoms with Gasteiger partial charge in [0.25, 0.3) is 0 Å². The first-order valence-corrected chi connectivity index (χ1v) is 9.76. The second-order valence-corrected chi connectivity index (χ2v) is 7.35. The maximum Gasteiger partial charge on any atom is 0.321 e. The number of para-hydroxylation sites is 1. The standard InChI is InChI=1S/C20H21N5O3S/c1-13(18(26)22-19(27)21-2)29-20-24-23-17(14-8-7-11-16(12-14)28-3)25(20)15-9-5-4-6-10-15/h4-13H,1-3H3,(H2,21,22,26,27). The van der Waals surface area contributed by atoms with Crippen LogP contribution in [0.4, 0.5) is 4.79 Å². The topological polar surface area (TPSA) is 98.1 Å². The van der Waals surface area contributed by atoms with Gasteiger partial charge in [0.05, 0.1) is 12.4 Å². The van der Waals surface area contributed by atoms with Gasteiger partial charge in [0.15, 0.2) is 11.0 Å². The zero-order valence-electron chi connectivity index (χ0n) is 16.2. The molecule has 0 fully saturated rings. The fraction of sp³-hybridized carbons (Fsp3) is 0.200. The van der Waals surface area contributed by atoms with Gasteiger partial charge in [-0.25, -0.2) is 4.79 Å². The van der Waals surface area contributed by atoms with Gasteiger partial charge in [-0.15, -0.1) is 10.2 Å². The number of thioether (sulfide) groups is 1. The number of methoxy groups -OCH3 is 1. The Morgan fingerprint density at radius 2 is 1.86 bits per heavy atom. The number of nitrogens with zero attached hydrogens (tertiary/aromatic N) is 3. The van der Waals surface area contributed by atoms with E-state index in [-0.39, 0.29) is 0 Å². The first-order chi connectivity index (χ1) is 14.0. The molecular weight excluding hydrogens is 390 g/mol. The minimum absolute atomic E-state index is 0.417. The van der Waals surface area contributed by atoms with E-state index in [4.69, 9.17) is 4.74 Å². The monoisotopic (exact) mass is 411 g/mol. The molecule has 0 bridgehead atoms. The lowest BCUT2D eigenvalue weighted by atomic mass is 10.2. The lowest BCUT2D eigenvalue weighted by Crippen LogP contribution is -2.41. The Labute approximate surface area is 172 Å². The summed E-state index contributed by atoms with van der Waals surface area (Å²) >= 11 is 1.22. The average molecular weight is 411 g/mol. The number of carbonyl (C=O) groups excluding carboxylic acids is 2. The van der Waals surface area contributed by atoms with E-state index in [1.54, 1.807) is 14.0 Å². The Kier molecular flexibility index (Phi) is 6.50. The summed E-state index contributed by atoms with van der Waals surface area (Å²) in [6.07, 6.45) is 0. The normalized spacial score (nSPS) is 11.6. The second kappa shape index (κ2) is 9.24. The Morgan fingerprint density at radius 1 is 1.10 bits per heavy atom. The minimum atomic E-state index is -0.558. The number of nitrogens with one attached hydrogen (secondary N) is 2. The van der Waals surface area contributed by atoms with Crippen LogP contribution < -0.4 is 15.4 Å². The summed E-state index contributed by atoms with van der Waals surface area (Å²) in [6.45, 7) is 1.71. The molecule has 2 N–H and O–H groups in total. The van der Waals surface area contributed by atoms with Crippen molar-refractivity contribution in [2.45, 2.75) is 17.3 Å². The molecular formula is C20H21N5O3S. The van der Waals surface area contributed by atoms with Gasteiger partial charge in [0.1, 0.15) is 5.75 Å². The number of imide groups is 1. The van der Waals surface area contributed by atoms with Crippen molar-refractivity contribution in [3.05, 3.63) is 54.6 Å². The molecule has 9 heteroatoms. The van der Waals surface area contributed by atoms with Gasteiger partial charge in [0, 0.05) is 18.3 Å². The number of ether oxygens (including phenoxy) is 1. The third kappa shape index (κ3) is 4.75. The summed E-state index contributed by atoms with van der Waals surface area (Å²) in [7, 11) is 3.06. The number of carbonyl (C=O) groups is 2. The van der Waals surface area contributed by atoms with Gasteiger partial charge in [-0.1, -0.05) is 42.1 Å². The SMILES string of the molecule is CNC(=O)NC(=O)C(C)Sc1nnc(-c2cccc(OC)c2)n1-c1ccccc1. The zero-order valence-corrected chi connectivity index (χ0v) is 17.1. The Balaban J connectivity index is 1.99. The molecule has 29 heavy (non-hydrogen) atoms. The highest BCUT2D eigenvalue weighted by molar-refractivity contribution is 8.00. The predicted molar refractivity (Wildman–Crippen MR) is 111 cm³/mol. The number of urea groups is 1. The van der Waals surface area contributed by atoms with Crippen molar-refractivity contribution in [1.29, 1.82) is 0 Å². The fourth-order valence-corrected chi connectivity index (χ4v) is 3.46. The highest BCUT2D eigenvalue weighted by atomic mass is 32.2. The van der Waals surface area contributed by atoms with Gasteiger partial charge in [-0.2, -0.15) is 0 Å². The number of hydrogen-bond donors (Lipinski definition) is 2. The quantitative estimate of drug-likeness (QED) is 0.605. The van der Waals surface area contributed by atoms with Gasteiger partial charge in [-0.05, 0) is 31.2 Å². The molecule has 0 spiro atoms. The van der Waals surface area contributed by atoms with Gasteiger partial charge < -0.3 is 10.1 Å². The number of benzene rings is 2. The Bertz CT molecular complexity index is 1010. The van der Waals surface area contributed by atoms with Gasteiger partial charge in [0.2, 0.25) is 5.91 Å². The summed E-state index contributed by atoms with van der Waals surface area (Å²) in [5.74, 6) is 0.911. The van der Waals surface area contributed by atoms with E-state index >= 15 is 0 Å². The molecule has 0 saturated carbocycles. The van der Waals surface area contributed by atoms with Crippen LogP contribution >= 0.6 is 11.8 Å². The lowest BCUT2D eigenvalue weighted by molar-refractivity contribution is -0.119. The molecule has 150 valence electrons. The summed E-state index contributed by atoms with van der Waals surface area (Å²) < 4.78 is 7.20. The van der Waals surface area contributed by atoms with Crippen LogP contribution in [0, 0.1) is 0 Å². The van der Waals surface area contributed by atoms with Crippen LogP contribution in [0.3, 0.4) is 0 Å². The zero-order chi connectivity index (χ0) is 20.8. The molecule has 8 nitrogen and oxygen atoms in total. The Morgan fingerprint density at radius 3 is 2.55 bits per heavy atom. The second-order valence-electron chi connectivity index (χ2n) is 6.04. The van der Waals surface area contributed by atoms with Crippen molar-refractivity contribution in [3.63, 3.8) is 0 Å². The van der Waals surface area contributed by atoms with Crippen LogP contribution in [-0.2, 0) is 4.79 Å². The first kappa shape index (κ1) is 20.4. The number of aromatic nitrogens is 3. The molecule has 1 aromatic heterocycles. The van der Waals surface area contributed by atoms with Crippen LogP contribution in [0.2, 0.25) is 0 Å². The van der Waals surface area contributed by atoms with Crippen molar-refractivity contribution in [2.75, 3.05) is 14.2 Å². The van der Waals surface area contributed by atoms with E-state index in [2.05, 4.69) is 20.8 Å². The van der Waals surface area contributed by atoms with Crippen LogP contribution in [-0.4, -0.2) is 46.1 Å². The maximum absolute atomic E-state index is 12.3. The van der Waals surface area contributed by atoms with Crippen LogP contribution in [0.5, 0.6) is 5.75 Å². The van der Waals surface area contributed by atoms with Crippen LogP contribution in [0.15, 0.2) is 59.8 Å². The summed E-state index contributed by atoms with van der Waals surface area (Å²) in [5, 5.41) is 13.3. The largest absolute Gasteiger partial charge is 0.497 e. The van der Waals surface area contributed by atoms with Gasteiger partial charge in [-0.3, -0.25) is 14.7 Å². The molecule has 0 aliphatic heterocycles. The third-order valence-corrected chi connectivity index (χ3v) is 5.13. The van der Waals surface area contributed by atoms with E-state index in [0.717, 1.165) is 11.3 Å². The fourth-order valence-electron chi connectivity index (χ4n) is 2.59. The van der Waals surface area contributed by atoms with Crippen molar-refractivity contribution >= 4 is 23.7 Å². The molecule has 3 aromatic rings. The molecule has 0 radical (unpaired) electrons. The molecule has 0 aliphatic rings. The summed E-state index contributed by atoms with van der Waals surface area (Å²) in [5.41, 5.74) is 1.69. The van der Waals surface area contributed by atoms with E-state index in [1.807, 2.05) is 59.2 Å². The third-order valence-electron chi connectivity index (χ3n) is 4.09. The van der Waals surface area contributed by atoms with Crippen LogP contribution in [0.25, 0.3) is 17.1 Å². The van der Waals surface area contributed by atoms with Crippen molar-refractivity contribution in [3.8, 4) is 22.8 Å². The number of rotatable bonds is 6. The number of amides is 3. The predicted octanol–water partition coefficient (Wildman–Crippen LogP) is 2.88. The van der Waals surface area contributed by atoms with Gasteiger partial charge >= 0.3 is 6.03 Å². The molecule has 1 unspecified atom stereocenters. The van der Waals surface area contributed by atoms with E-state index in [9.17, 15) is 9.59 Å². The van der Waals surface area contributed by atoms with Crippen molar-refractivity contribution in [1.82, 2.24) is 25.4 Å². The van der Waals surface area contributed by atoms with E-state index < -0.39 is 17.2 Å². The van der Waals surface area contributed by atoms with Crippen molar-refractivity contribution < 1.29 is 14.3 Å². The van der Waals surface area contributed by atoms with Crippen LogP contribution in [0.1, 0.15) is 6.92 Å². The minimum Gasteiger partial charge on any atom is -0.497 e. The molecule has 0 saturated heterocycles. The first-order valence-electron chi connectivity index (χ1n) is 8.88. The lowest BCUT2D eigenvalue weighted by Gasteiger charge is -2.13. The number of hydrogen-bond acceptors (Lipinski definition) is 6. The molecule has 2 aromatic carbocycles. The highest BCUT2D eigenvalue weighted by Gasteiger charge is 2.23. The molecule has 0 aliphatic carbocycles.